The van der Waals surface area contributed by atoms with Crippen molar-refractivity contribution in [3.63, 3.8) is 0 Å². The van der Waals surface area contributed by atoms with E-state index in [1.54, 1.807) is 31.3 Å². The molecule has 6 nitrogen and oxygen atoms in total. The molecule has 6 heteroatoms. The first-order valence-electron chi connectivity index (χ1n) is 6.53. The molecule has 1 atom stereocenters. The van der Waals surface area contributed by atoms with E-state index in [0.717, 1.165) is 12.1 Å². The largest absolute Gasteiger partial charge is 0.393 e. The maximum Gasteiger partial charge on any atom is 0.278 e. The number of nitrogens with zero attached hydrogens (tertiary/aromatic N) is 2. The predicted octanol–water partition coefficient (Wildman–Crippen LogP) is 2.72. The lowest BCUT2D eigenvalue weighted by atomic mass is 10.1. The zero-order chi connectivity index (χ0) is 14.5. The van der Waals surface area contributed by atoms with Crippen molar-refractivity contribution < 1.29 is 10.0 Å². The Morgan fingerprint density at radius 3 is 2.95 bits per heavy atom. The second-order valence-corrected chi connectivity index (χ2v) is 4.71. The zero-order valence-electron chi connectivity index (χ0n) is 11.2. The van der Waals surface area contributed by atoms with Gasteiger partial charge < -0.3 is 10.4 Å². The number of aliphatic hydroxyl groups excluding tert-OH is 1. The van der Waals surface area contributed by atoms with Gasteiger partial charge in [0.2, 0.25) is 0 Å². The summed E-state index contributed by atoms with van der Waals surface area (Å²) >= 11 is 0. The van der Waals surface area contributed by atoms with Crippen molar-refractivity contribution in [2.75, 3.05) is 11.9 Å². The molecule has 0 spiro atoms. The molecule has 0 bridgehead atoms. The Kier molecular flexibility index (Phi) is 4.47. The lowest BCUT2D eigenvalue weighted by Gasteiger charge is -2.10. The number of non-ortho nitro benzene ring substituents is 1. The van der Waals surface area contributed by atoms with Gasteiger partial charge in [0.25, 0.3) is 5.69 Å². The lowest BCUT2D eigenvalue weighted by molar-refractivity contribution is -0.383. The van der Waals surface area contributed by atoms with Crippen LogP contribution in [0.2, 0.25) is 0 Å². The fourth-order valence-corrected chi connectivity index (χ4v) is 2.08. The SMILES string of the molecule is CC(O)CCCNc1ccc([N+](=O)[O-])c2cccnc12. The summed E-state index contributed by atoms with van der Waals surface area (Å²) in [5.41, 5.74) is 1.43. The van der Waals surface area contributed by atoms with E-state index in [9.17, 15) is 15.2 Å². The summed E-state index contributed by atoms with van der Waals surface area (Å²) in [6.45, 7) is 2.44. The van der Waals surface area contributed by atoms with Gasteiger partial charge in [-0.15, -0.1) is 0 Å². The second-order valence-electron chi connectivity index (χ2n) is 4.71. The first-order chi connectivity index (χ1) is 9.59. The van der Waals surface area contributed by atoms with Gasteiger partial charge in [-0.3, -0.25) is 15.1 Å². The summed E-state index contributed by atoms with van der Waals surface area (Å²) in [5, 5.41) is 23.9. The normalized spacial score (nSPS) is 12.3. The molecule has 1 unspecified atom stereocenters. The van der Waals surface area contributed by atoms with E-state index in [-0.39, 0.29) is 11.8 Å². The Balaban J connectivity index is 2.22. The minimum Gasteiger partial charge on any atom is -0.393 e. The van der Waals surface area contributed by atoms with Crippen LogP contribution < -0.4 is 5.32 Å². The van der Waals surface area contributed by atoms with E-state index in [0.29, 0.717) is 23.9 Å². The summed E-state index contributed by atoms with van der Waals surface area (Å²) < 4.78 is 0. The average Bonchev–Trinajstić information content (AvgIpc) is 2.43. The van der Waals surface area contributed by atoms with E-state index in [1.807, 2.05) is 0 Å². The second kappa shape index (κ2) is 6.29. The molecule has 1 aromatic carbocycles. The summed E-state index contributed by atoms with van der Waals surface area (Å²) in [7, 11) is 0. The van der Waals surface area contributed by atoms with Gasteiger partial charge in [0, 0.05) is 18.8 Å². The molecular weight excluding hydrogens is 258 g/mol. The Morgan fingerprint density at radius 1 is 1.45 bits per heavy atom. The van der Waals surface area contributed by atoms with Gasteiger partial charge in [0.05, 0.1) is 22.1 Å². The highest BCUT2D eigenvalue weighted by molar-refractivity contribution is 5.96. The first kappa shape index (κ1) is 14.2. The fourth-order valence-electron chi connectivity index (χ4n) is 2.08. The van der Waals surface area contributed by atoms with Crippen LogP contribution >= 0.6 is 0 Å². The number of nitrogens with one attached hydrogen (secondary N) is 1. The highest BCUT2D eigenvalue weighted by atomic mass is 16.6. The molecule has 0 saturated carbocycles. The van der Waals surface area contributed by atoms with E-state index >= 15 is 0 Å². The average molecular weight is 275 g/mol. The molecule has 2 N–H and O–H groups in total. The van der Waals surface area contributed by atoms with Crippen LogP contribution in [0.15, 0.2) is 30.5 Å². The molecule has 0 saturated heterocycles. The van der Waals surface area contributed by atoms with Crippen molar-refractivity contribution >= 4 is 22.3 Å². The number of aromatic nitrogens is 1. The van der Waals surface area contributed by atoms with Gasteiger partial charge in [-0.25, -0.2) is 0 Å². The molecule has 0 amide bonds. The zero-order valence-corrected chi connectivity index (χ0v) is 11.2. The molecule has 2 rings (SSSR count). The Bertz CT molecular complexity index is 614. The number of aliphatic hydroxyl groups is 1. The van der Waals surface area contributed by atoms with E-state index < -0.39 is 4.92 Å². The third kappa shape index (κ3) is 3.21. The van der Waals surface area contributed by atoms with Crippen LogP contribution in [0.25, 0.3) is 10.9 Å². The summed E-state index contributed by atoms with van der Waals surface area (Å²) in [4.78, 5) is 14.8. The van der Waals surface area contributed by atoms with Crippen molar-refractivity contribution in [1.29, 1.82) is 0 Å². The number of nitro benzene ring substituents is 1. The standard InChI is InChI=1S/C14H17N3O3/c1-10(18)4-2-8-15-12-6-7-13(17(19)20)11-5-3-9-16-14(11)12/h3,5-7,9-10,15,18H,2,4,8H2,1H3. The number of pyridine rings is 1. The first-order valence-corrected chi connectivity index (χ1v) is 6.53. The minimum absolute atomic E-state index is 0.0580. The molecule has 1 aromatic heterocycles. The molecule has 0 aliphatic rings. The summed E-state index contributed by atoms with van der Waals surface area (Å²) in [5.74, 6) is 0. The fraction of sp³-hybridized carbons (Fsp3) is 0.357. The molecule has 20 heavy (non-hydrogen) atoms. The van der Waals surface area contributed by atoms with Crippen LogP contribution in [0.3, 0.4) is 0 Å². The Hall–Kier alpha value is -2.21. The molecule has 0 fully saturated rings. The number of benzene rings is 1. The molecule has 1 heterocycles. The Morgan fingerprint density at radius 2 is 2.25 bits per heavy atom. The summed E-state index contributed by atoms with van der Waals surface area (Å²) in [6.07, 6.45) is 2.84. The maximum atomic E-state index is 11.0. The van der Waals surface area contributed by atoms with Gasteiger partial charge in [0.1, 0.15) is 5.52 Å². The van der Waals surface area contributed by atoms with E-state index in [4.69, 9.17) is 0 Å². The number of nitro groups is 1. The monoisotopic (exact) mass is 275 g/mol. The molecule has 2 aromatic rings. The van der Waals surface area contributed by atoms with Gasteiger partial charge in [-0.2, -0.15) is 0 Å². The van der Waals surface area contributed by atoms with Crippen LogP contribution in [0.5, 0.6) is 0 Å². The highest BCUT2D eigenvalue weighted by Gasteiger charge is 2.14. The molecule has 0 aliphatic heterocycles. The lowest BCUT2D eigenvalue weighted by Crippen LogP contribution is -2.07. The smallest absolute Gasteiger partial charge is 0.278 e. The number of anilines is 1. The van der Waals surface area contributed by atoms with E-state index in [2.05, 4.69) is 10.3 Å². The van der Waals surface area contributed by atoms with Crippen LogP contribution in [0.1, 0.15) is 19.8 Å². The highest BCUT2D eigenvalue weighted by Crippen LogP contribution is 2.29. The molecule has 0 radical (unpaired) electrons. The van der Waals surface area contributed by atoms with Gasteiger partial charge >= 0.3 is 0 Å². The maximum absolute atomic E-state index is 11.0. The van der Waals surface area contributed by atoms with Crippen molar-refractivity contribution in [3.05, 3.63) is 40.6 Å². The number of hydrogen-bond donors (Lipinski definition) is 2. The summed E-state index contributed by atoms with van der Waals surface area (Å²) in [6, 6.07) is 6.55. The van der Waals surface area contributed by atoms with Crippen LogP contribution in [0, 0.1) is 10.1 Å². The molecular formula is C14H17N3O3. The van der Waals surface area contributed by atoms with Gasteiger partial charge in [-0.05, 0) is 38.0 Å². The van der Waals surface area contributed by atoms with E-state index in [1.165, 1.54) is 6.07 Å². The Labute approximate surface area is 116 Å². The van der Waals surface area contributed by atoms with Crippen LogP contribution in [0.4, 0.5) is 11.4 Å². The number of rotatable bonds is 6. The van der Waals surface area contributed by atoms with Crippen molar-refractivity contribution in [2.24, 2.45) is 0 Å². The third-order valence-corrected chi connectivity index (χ3v) is 3.06. The van der Waals surface area contributed by atoms with Gasteiger partial charge in [-0.1, -0.05) is 0 Å². The molecule has 0 aliphatic carbocycles. The minimum atomic E-state index is -0.402. The van der Waals surface area contributed by atoms with Crippen molar-refractivity contribution in [3.8, 4) is 0 Å². The van der Waals surface area contributed by atoms with Crippen molar-refractivity contribution in [1.82, 2.24) is 4.98 Å². The van der Waals surface area contributed by atoms with Crippen LogP contribution in [-0.2, 0) is 0 Å². The van der Waals surface area contributed by atoms with Crippen molar-refractivity contribution in [2.45, 2.75) is 25.9 Å². The number of hydrogen-bond acceptors (Lipinski definition) is 5. The third-order valence-electron chi connectivity index (χ3n) is 3.06. The molecule has 106 valence electrons. The predicted molar refractivity (Wildman–Crippen MR) is 77.8 cm³/mol. The quantitative estimate of drug-likeness (QED) is 0.480. The topological polar surface area (TPSA) is 88.3 Å². The number of fused-ring (bicyclic) bond motifs is 1. The van der Waals surface area contributed by atoms with Gasteiger partial charge in [0.15, 0.2) is 0 Å². The van der Waals surface area contributed by atoms with Crippen LogP contribution in [-0.4, -0.2) is 27.7 Å².